The van der Waals surface area contributed by atoms with Gasteiger partial charge in [-0.1, -0.05) is 37.6 Å². The molecule has 0 aliphatic heterocycles. The second-order valence-corrected chi connectivity index (χ2v) is 5.10. The molecule has 0 radical (unpaired) electrons. The quantitative estimate of drug-likeness (QED) is 0.838. The normalized spacial score (nSPS) is 13.7. The first-order valence-electron chi connectivity index (χ1n) is 6.66. The fraction of sp³-hybridized carbons (Fsp3) is 0.600. The van der Waals surface area contributed by atoms with Crippen molar-refractivity contribution >= 4 is 11.6 Å². The molecule has 0 bridgehead atoms. The van der Waals surface area contributed by atoms with E-state index < -0.39 is 0 Å². The van der Waals surface area contributed by atoms with Crippen LogP contribution >= 0.6 is 11.6 Å². The third kappa shape index (κ3) is 3.05. The first kappa shape index (κ1) is 15.5. The van der Waals surface area contributed by atoms with Crippen molar-refractivity contribution in [2.75, 3.05) is 6.61 Å². The van der Waals surface area contributed by atoms with Crippen molar-refractivity contribution < 1.29 is 4.74 Å². The highest BCUT2D eigenvalue weighted by molar-refractivity contribution is 6.31. The van der Waals surface area contributed by atoms with Crippen LogP contribution in [0.3, 0.4) is 0 Å². The van der Waals surface area contributed by atoms with Crippen molar-refractivity contribution in [1.29, 1.82) is 0 Å². The zero-order valence-electron chi connectivity index (χ0n) is 11.8. The van der Waals surface area contributed by atoms with Crippen molar-refractivity contribution in [3.8, 4) is 0 Å². The molecule has 18 heavy (non-hydrogen) atoms. The van der Waals surface area contributed by atoms with Crippen LogP contribution in [0.4, 0.5) is 0 Å². The van der Waals surface area contributed by atoms with E-state index in [-0.39, 0.29) is 11.6 Å². The number of hydrogen-bond acceptors (Lipinski definition) is 2. The van der Waals surface area contributed by atoms with Crippen LogP contribution in [-0.2, 0) is 4.74 Å². The first-order chi connectivity index (χ1) is 8.50. The van der Waals surface area contributed by atoms with Crippen LogP contribution in [0.2, 0.25) is 5.02 Å². The molecule has 1 rings (SSSR count). The summed E-state index contributed by atoms with van der Waals surface area (Å²) < 4.78 is 5.95. The Bertz CT molecular complexity index is 388. The summed E-state index contributed by atoms with van der Waals surface area (Å²) in [5, 5.41) is 0.764. The fourth-order valence-electron chi connectivity index (χ4n) is 2.38. The Morgan fingerprint density at radius 2 is 1.89 bits per heavy atom. The van der Waals surface area contributed by atoms with E-state index in [1.54, 1.807) is 0 Å². The number of rotatable bonds is 6. The number of benzene rings is 1. The van der Waals surface area contributed by atoms with E-state index in [9.17, 15) is 0 Å². The van der Waals surface area contributed by atoms with E-state index >= 15 is 0 Å². The van der Waals surface area contributed by atoms with E-state index in [2.05, 4.69) is 13.8 Å². The molecule has 0 saturated heterocycles. The average Bonchev–Trinajstić information content (AvgIpc) is 2.38. The van der Waals surface area contributed by atoms with Gasteiger partial charge in [-0.25, -0.2) is 0 Å². The van der Waals surface area contributed by atoms with Gasteiger partial charge in [-0.3, -0.25) is 0 Å². The van der Waals surface area contributed by atoms with Crippen molar-refractivity contribution in [1.82, 2.24) is 0 Å². The topological polar surface area (TPSA) is 35.2 Å². The maximum atomic E-state index is 6.42. The Morgan fingerprint density at radius 3 is 2.33 bits per heavy atom. The summed E-state index contributed by atoms with van der Waals surface area (Å²) in [5.41, 5.74) is 8.23. The standard InChI is InChI=1S/C15H24ClNO/c1-5-15(6-2,18-7-3)14(17)12-9-8-11(4)13(16)10-12/h8-10,14H,5-7,17H2,1-4H3. The van der Waals surface area contributed by atoms with Crippen LogP contribution in [0.5, 0.6) is 0 Å². The summed E-state index contributed by atoms with van der Waals surface area (Å²) in [6, 6.07) is 5.87. The molecule has 0 aliphatic rings. The zero-order valence-corrected chi connectivity index (χ0v) is 12.6. The lowest BCUT2D eigenvalue weighted by atomic mass is 9.84. The van der Waals surface area contributed by atoms with Crippen molar-refractivity contribution in [2.45, 2.75) is 52.2 Å². The molecule has 0 fully saturated rings. The monoisotopic (exact) mass is 269 g/mol. The highest BCUT2D eigenvalue weighted by Crippen LogP contribution is 2.34. The molecule has 0 amide bonds. The van der Waals surface area contributed by atoms with E-state index in [1.165, 1.54) is 0 Å². The number of hydrogen-bond donors (Lipinski definition) is 1. The third-order valence-electron chi connectivity index (χ3n) is 3.75. The number of nitrogens with two attached hydrogens (primary N) is 1. The summed E-state index contributed by atoms with van der Waals surface area (Å²) in [4.78, 5) is 0. The lowest BCUT2D eigenvalue weighted by molar-refractivity contribution is -0.0645. The molecule has 0 saturated carbocycles. The van der Waals surface area contributed by atoms with Gasteiger partial charge in [-0.15, -0.1) is 0 Å². The van der Waals surface area contributed by atoms with Gasteiger partial charge < -0.3 is 10.5 Å². The Labute approximate surface area is 115 Å². The SMILES string of the molecule is CCOC(CC)(CC)C(N)c1ccc(C)c(Cl)c1. The molecule has 1 aromatic carbocycles. The Kier molecular flexibility index (Phi) is 5.64. The van der Waals surface area contributed by atoms with Crippen LogP contribution in [0.15, 0.2) is 18.2 Å². The van der Waals surface area contributed by atoms with E-state index in [0.29, 0.717) is 6.61 Å². The van der Waals surface area contributed by atoms with Gasteiger partial charge in [0.15, 0.2) is 0 Å². The maximum absolute atomic E-state index is 6.42. The summed E-state index contributed by atoms with van der Waals surface area (Å²) in [7, 11) is 0. The number of ether oxygens (including phenoxy) is 1. The van der Waals surface area contributed by atoms with Crippen LogP contribution in [0.1, 0.15) is 50.8 Å². The smallest absolute Gasteiger partial charge is 0.0868 e. The van der Waals surface area contributed by atoms with Gasteiger partial charge in [0.25, 0.3) is 0 Å². The van der Waals surface area contributed by atoms with Crippen LogP contribution < -0.4 is 5.73 Å². The van der Waals surface area contributed by atoms with Gasteiger partial charge in [-0.05, 0) is 43.9 Å². The molecule has 1 aromatic rings. The summed E-state index contributed by atoms with van der Waals surface area (Å²) in [6.07, 6.45) is 1.79. The molecule has 1 unspecified atom stereocenters. The predicted octanol–water partition coefficient (Wildman–Crippen LogP) is 4.24. The Morgan fingerprint density at radius 1 is 1.28 bits per heavy atom. The molecule has 0 aliphatic carbocycles. The molecule has 1 atom stereocenters. The minimum Gasteiger partial charge on any atom is -0.373 e. The second-order valence-electron chi connectivity index (χ2n) is 4.69. The van der Waals surface area contributed by atoms with Gasteiger partial charge in [0.1, 0.15) is 0 Å². The molecular weight excluding hydrogens is 246 g/mol. The molecular formula is C15H24ClNO. The molecule has 0 heterocycles. The minimum atomic E-state index is -0.298. The maximum Gasteiger partial charge on any atom is 0.0868 e. The third-order valence-corrected chi connectivity index (χ3v) is 4.16. The van der Waals surface area contributed by atoms with E-state index in [0.717, 1.165) is 29.0 Å². The second kappa shape index (κ2) is 6.55. The van der Waals surface area contributed by atoms with Gasteiger partial charge in [0.05, 0.1) is 11.6 Å². The number of halogens is 1. The lowest BCUT2D eigenvalue weighted by Crippen LogP contribution is -2.43. The molecule has 0 spiro atoms. The average molecular weight is 270 g/mol. The van der Waals surface area contributed by atoms with Crippen LogP contribution in [-0.4, -0.2) is 12.2 Å². The largest absolute Gasteiger partial charge is 0.373 e. The lowest BCUT2D eigenvalue weighted by Gasteiger charge is -2.37. The van der Waals surface area contributed by atoms with Crippen LogP contribution in [0, 0.1) is 6.92 Å². The first-order valence-corrected chi connectivity index (χ1v) is 7.04. The van der Waals surface area contributed by atoms with Gasteiger partial charge in [-0.2, -0.15) is 0 Å². The predicted molar refractivity (Wildman–Crippen MR) is 78.1 cm³/mol. The minimum absolute atomic E-state index is 0.148. The highest BCUT2D eigenvalue weighted by Gasteiger charge is 2.35. The zero-order chi connectivity index (χ0) is 13.8. The van der Waals surface area contributed by atoms with Crippen molar-refractivity contribution in [3.05, 3.63) is 34.3 Å². The molecule has 0 aromatic heterocycles. The van der Waals surface area contributed by atoms with E-state index in [4.69, 9.17) is 22.1 Å². The van der Waals surface area contributed by atoms with Crippen molar-refractivity contribution in [3.63, 3.8) is 0 Å². The van der Waals surface area contributed by atoms with E-state index in [1.807, 2.05) is 32.0 Å². The number of aryl methyl sites for hydroxylation is 1. The molecule has 2 N–H and O–H groups in total. The molecule has 2 nitrogen and oxygen atoms in total. The van der Waals surface area contributed by atoms with Gasteiger partial charge in [0, 0.05) is 11.6 Å². The Hall–Kier alpha value is -0.570. The fourth-order valence-corrected chi connectivity index (χ4v) is 2.57. The summed E-state index contributed by atoms with van der Waals surface area (Å²) >= 11 is 6.18. The summed E-state index contributed by atoms with van der Waals surface area (Å²) in [5.74, 6) is 0. The van der Waals surface area contributed by atoms with Crippen LogP contribution in [0.25, 0.3) is 0 Å². The van der Waals surface area contributed by atoms with Gasteiger partial charge >= 0.3 is 0 Å². The van der Waals surface area contributed by atoms with Crippen molar-refractivity contribution in [2.24, 2.45) is 5.73 Å². The molecule has 3 heteroatoms. The Balaban J connectivity index is 3.08. The van der Waals surface area contributed by atoms with Gasteiger partial charge in [0.2, 0.25) is 0 Å². The molecule has 102 valence electrons. The highest BCUT2D eigenvalue weighted by atomic mass is 35.5. The summed E-state index contributed by atoms with van der Waals surface area (Å²) in [6.45, 7) is 8.92.